The zero-order chi connectivity index (χ0) is 22.2. The van der Waals surface area contributed by atoms with Crippen LogP contribution in [0.15, 0.2) is 42.5 Å². The highest BCUT2D eigenvalue weighted by Gasteiger charge is 2.43. The molecule has 4 heteroatoms. The Labute approximate surface area is 192 Å². The summed E-state index contributed by atoms with van der Waals surface area (Å²) in [5, 5.41) is 0. The Morgan fingerprint density at radius 2 is 1.66 bits per heavy atom. The number of likely N-dealkylation sites (tertiary alicyclic amines) is 1. The average Bonchev–Trinajstić information content (AvgIpc) is 3.47. The van der Waals surface area contributed by atoms with Crippen molar-refractivity contribution in [3.8, 4) is 16.9 Å². The summed E-state index contributed by atoms with van der Waals surface area (Å²) in [5.74, 6) is 3.57. The van der Waals surface area contributed by atoms with Gasteiger partial charge in [-0.3, -0.25) is 4.79 Å². The molecule has 2 saturated carbocycles. The predicted octanol–water partition coefficient (Wildman–Crippen LogP) is 5.43. The molecule has 2 aromatic rings. The van der Waals surface area contributed by atoms with Crippen molar-refractivity contribution in [2.45, 2.75) is 50.5 Å². The maximum absolute atomic E-state index is 12.2. The maximum Gasteiger partial charge on any atom is 0.253 e. The first-order chi connectivity index (χ1) is 15.5. The Bertz CT molecular complexity index is 960. The van der Waals surface area contributed by atoms with Crippen molar-refractivity contribution in [1.82, 2.24) is 9.80 Å². The quantitative estimate of drug-likeness (QED) is 0.631. The number of piperidine rings is 1. The van der Waals surface area contributed by atoms with E-state index in [-0.39, 0.29) is 5.91 Å². The molecule has 1 aliphatic heterocycles. The van der Waals surface area contributed by atoms with Gasteiger partial charge in [0, 0.05) is 25.7 Å². The first kappa shape index (κ1) is 21.5. The molecule has 32 heavy (non-hydrogen) atoms. The summed E-state index contributed by atoms with van der Waals surface area (Å²) in [6, 6.07) is 15.4. The predicted molar refractivity (Wildman–Crippen MR) is 129 cm³/mol. The van der Waals surface area contributed by atoms with Gasteiger partial charge in [0.2, 0.25) is 0 Å². The van der Waals surface area contributed by atoms with Crippen LogP contribution >= 0.6 is 0 Å². The Kier molecular flexibility index (Phi) is 5.98. The van der Waals surface area contributed by atoms with Crippen molar-refractivity contribution in [2.75, 3.05) is 34.3 Å². The van der Waals surface area contributed by atoms with Crippen LogP contribution < -0.4 is 4.74 Å². The molecule has 1 heterocycles. The van der Waals surface area contributed by atoms with E-state index in [0.717, 1.165) is 34.8 Å². The molecule has 4 nitrogen and oxygen atoms in total. The van der Waals surface area contributed by atoms with Gasteiger partial charge in [0.15, 0.2) is 0 Å². The number of amides is 1. The Morgan fingerprint density at radius 1 is 0.938 bits per heavy atom. The van der Waals surface area contributed by atoms with Crippen molar-refractivity contribution in [3.63, 3.8) is 0 Å². The fourth-order valence-corrected chi connectivity index (χ4v) is 6.50. The molecule has 1 amide bonds. The molecule has 2 aliphatic carbocycles. The third-order valence-electron chi connectivity index (χ3n) is 8.24. The highest BCUT2D eigenvalue weighted by molar-refractivity contribution is 5.94. The number of methoxy groups -OCH3 is 1. The first-order valence-electron chi connectivity index (χ1n) is 12.3. The molecule has 5 rings (SSSR count). The van der Waals surface area contributed by atoms with E-state index in [4.69, 9.17) is 4.74 Å². The fourth-order valence-electron chi connectivity index (χ4n) is 6.50. The highest BCUT2D eigenvalue weighted by Crippen LogP contribution is 2.48. The Hall–Kier alpha value is -2.33. The van der Waals surface area contributed by atoms with Crippen molar-refractivity contribution in [3.05, 3.63) is 53.6 Å². The molecule has 3 atom stereocenters. The van der Waals surface area contributed by atoms with Crippen LogP contribution in [0.4, 0.5) is 0 Å². The van der Waals surface area contributed by atoms with Crippen LogP contribution in [-0.2, 0) is 0 Å². The van der Waals surface area contributed by atoms with Gasteiger partial charge in [0.25, 0.3) is 5.91 Å². The SMILES string of the molecule is COc1ccc(-c2ccc(C(=O)N(C)C)cc2)cc1C1CCN([C@@H]2C[C@H]3CCC2C3)CC1. The summed E-state index contributed by atoms with van der Waals surface area (Å²) >= 11 is 0. The summed E-state index contributed by atoms with van der Waals surface area (Å²) in [4.78, 5) is 16.6. The summed E-state index contributed by atoms with van der Waals surface area (Å²) in [7, 11) is 5.35. The zero-order valence-corrected chi connectivity index (χ0v) is 19.7. The summed E-state index contributed by atoms with van der Waals surface area (Å²) in [6.07, 6.45) is 8.30. The van der Waals surface area contributed by atoms with E-state index >= 15 is 0 Å². The number of fused-ring (bicyclic) bond motifs is 2. The lowest BCUT2D eigenvalue weighted by atomic mass is 9.85. The molecule has 1 unspecified atom stereocenters. The molecule has 2 aromatic carbocycles. The van der Waals surface area contributed by atoms with Gasteiger partial charge in [-0.1, -0.05) is 24.6 Å². The molecule has 3 fully saturated rings. The van der Waals surface area contributed by atoms with Crippen molar-refractivity contribution in [1.29, 1.82) is 0 Å². The monoisotopic (exact) mass is 432 g/mol. The van der Waals surface area contributed by atoms with Gasteiger partial charge in [0.05, 0.1) is 7.11 Å². The van der Waals surface area contributed by atoms with E-state index in [1.807, 2.05) is 12.1 Å². The largest absolute Gasteiger partial charge is 0.496 e. The number of benzene rings is 2. The summed E-state index contributed by atoms with van der Waals surface area (Å²) in [6.45, 7) is 2.43. The number of rotatable bonds is 5. The van der Waals surface area contributed by atoms with Crippen LogP contribution in [-0.4, -0.2) is 56.0 Å². The van der Waals surface area contributed by atoms with E-state index in [9.17, 15) is 4.79 Å². The summed E-state index contributed by atoms with van der Waals surface area (Å²) < 4.78 is 5.77. The molecule has 170 valence electrons. The molecular weight excluding hydrogens is 396 g/mol. The normalized spacial score (nSPS) is 25.8. The Balaban J connectivity index is 1.31. The van der Waals surface area contributed by atoms with Crippen LogP contribution in [0.2, 0.25) is 0 Å². The molecule has 1 saturated heterocycles. The van der Waals surface area contributed by atoms with Crippen LogP contribution in [0.5, 0.6) is 5.75 Å². The topological polar surface area (TPSA) is 32.8 Å². The average molecular weight is 433 g/mol. The van der Waals surface area contributed by atoms with Gasteiger partial charge in [0.1, 0.15) is 5.75 Å². The molecular formula is C28H36N2O2. The standard InChI is InChI=1S/C28H36N2O2/c1-29(2)28(31)22-8-6-20(7-9-22)23-10-11-27(32-3)25(18-23)21-12-14-30(15-13-21)26-17-19-4-5-24(26)16-19/h6-11,18-19,21,24,26H,4-5,12-17H2,1-3H3/t19-,24?,26+/m0/s1. The highest BCUT2D eigenvalue weighted by atomic mass is 16.5. The van der Waals surface area contributed by atoms with E-state index in [2.05, 4.69) is 35.2 Å². The fraction of sp³-hybridized carbons (Fsp3) is 0.536. The molecule has 0 radical (unpaired) electrons. The number of carbonyl (C=O) groups excluding carboxylic acids is 1. The van der Waals surface area contributed by atoms with Crippen LogP contribution in [0, 0.1) is 11.8 Å². The minimum atomic E-state index is 0.0363. The number of nitrogens with zero attached hydrogens (tertiary/aromatic N) is 2. The van der Waals surface area contributed by atoms with Gasteiger partial charge >= 0.3 is 0 Å². The van der Waals surface area contributed by atoms with Crippen LogP contribution in [0.25, 0.3) is 11.1 Å². The first-order valence-corrected chi connectivity index (χ1v) is 12.3. The van der Waals surface area contributed by atoms with E-state index in [1.165, 1.54) is 62.7 Å². The second-order valence-corrected chi connectivity index (χ2v) is 10.3. The number of hydrogen-bond donors (Lipinski definition) is 0. The summed E-state index contributed by atoms with van der Waals surface area (Å²) in [5.41, 5.74) is 4.40. The van der Waals surface area contributed by atoms with E-state index in [1.54, 1.807) is 26.1 Å². The Morgan fingerprint density at radius 3 is 2.25 bits per heavy atom. The molecule has 0 N–H and O–H groups in total. The maximum atomic E-state index is 12.2. The van der Waals surface area contributed by atoms with E-state index < -0.39 is 0 Å². The number of ether oxygens (including phenoxy) is 1. The molecule has 2 bridgehead atoms. The number of carbonyl (C=O) groups is 1. The van der Waals surface area contributed by atoms with Gasteiger partial charge in [-0.25, -0.2) is 0 Å². The number of hydrogen-bond acceptors (Lipinski definition) is 3. The lowest BCUT2D eigenvalue weighted by Crippen LogP contribution is -2.43. The lowest BCUT2D eigenvalue weighted by molar-refractivity contribution is 0.0827. The van der Waals surface area contributed by atoms with E-state index in [0.29, 0.717) is 5.92 Å². The second-order valence-electron chi connectivity index (χ2n) is 10.3. The molecule has 0 spiro atoms. The minimum Gasteiger partial charge on any atom is -0.496 e. The smallest absolute Gasteiger partial charge is 0.253 e. The molecule has 0 aromatic heterocycles. The third kappa shape index (κ3) is 4.05. The van der Waals surface area contributed by atoms with Gasteiger partial charge in [-0.15, -0.1) is 0 Å². The minimum absolute atomic E-state index is 0.0363. The van der Waals surface area contributed by atoms with Crippen molar-refractivity contribution >= 4 is 5.91 Å². The van der Waals surface area contributed by atoms with Gasteiger partial charge in [-0.2, -0.15) is 0 Å². The molecule has 3 aliphatic rings. The van der Waals surface area contributed by atoms with Gasteiger partial charge in [-0.05, 0) is 104 Å². The third-order valence-corrected chi connectivity index (χ3v) is 8.24. The zero-order valence-electron chi connectivity index (χ0n) is 19.7. The van der Waals surface area contributed by atoms with Crippen molar-refractivity contribution < 1.29 is 9.53 Å². The van der Waals surface area contributed by atoms with Gasteiger partial charge < -0.3 is 14.5 Å². The van der Waals surface area contributed by atoms with Crippen LogP contribution in [0.3, 0.4) is 0 Å². The van der Waals surface area contributed by atoms with Crippen LogP contribution in [0.1, 0.15) is 60.4 Å². The lowest BCUT2D eigenvalue weighted by Gasteiger charge is -2.40. The second kappa shape index (κ2) is 8.90. The van der Waals surface area contributed by atoms with Crippen molar-refractivity contribution in [2.24, 2.45) is 11.8 Å².